The average Bonchev–Trinajstić information content (AvgIpc) is 3.18. The molecule has 0 rings (SSSR count). The van der Waals surface area contributed by atoms with Crippen molar-refractivity contribution in [1.82, 2.24) is 5.32 Å². The molecule has 0 heterocycles. The number of unbranched alkanes of at least 4 members (excludes halogenated alkanes) is 31. The van der Waals surface area contributed by atoms with Gasteiger partial charge in [0.25, 0.3) is 0 Å². The number of amides is 1. The van der Waals surface area contributed by atoms with Gasteiger partial charge in [-0.2, -0.15) is 0 Å². The molecule has 3 atom stereocenters. The Bertz CT molecular complexity index is 855. The molecule has 324 valence electrons. The van der Waals surface area contributed by atoms with Gasteiger partial charge in [-0.3, -0.25) is 4.79 Å². The van der Waals surface area contributed by atoms with E-state index in [9.17, 15) is 20.1 Å². The minimum atomic E-state index is -0.956. The second-order valence-corrected chi connectivity index (χ2v) is 16.7. The van der Waals surface area contributed by atoms with Crippen molar-refractivity contribution in [2.75, 3.05) is 6.61 Å². The van der Waals surface area contributed by atoms with Crippen LogP contribution in [0.15, 0.2) is 36.5 Å². The first-order valence-corrected chi connectivity index (χ1v) is 24.3. The maximum Gasteiger partial charge on any atom is 0.222 e. The fraction of sp³-hybridized carbons (Fsp3) is 0.860. The molecule has 55 heavy (non-hydrogen) atoms. The third-order valence-corrected chi connectivity index (χ3v) is 11.1. The van der Waals surface area contributed by atoms with Gasteiger partial charge < -0.3 is 20.6 Å². The van der Waals surface area contributed by atoms with Crippen LogP contribution >= 0.6 is 0 Å². The van der Waals surface area contributed by atoms with Gasteiger partial charge in [-0.15, -0.1) is 0 Å². The van der Waals surface area contributed by atoms with Crippen LogP contribution in [0, 0.1) is 0 Å². The first kappa shape index (κ1) is 53.6. The highest BCUT2D eigenvalue weighted by Gasteiger charge is 2.20. The molecule has 0 radical (unpaired) electrons. The van der Waals surface area contributed by atoms with Crippen LogP contribution in [-0.2, 0) is 4.79 Å². The highest BCUT2D eigenvalue weighted by molar-refractivity contribution is 5.76. The second-order valence-electron chi connectivity index (χ2n) is 16.7. The lowest BCUT2D eigenvalue weighted by atomic mass is 10.0. The monoisotopic (exact) mass is 774 g/mol. The van der Waals surface area contributed by atoms with Gasteiger partial charge in [0.05, 0.1) is 31.3 Å². The highest BCUT2D eigenvalue weighted by Crippen LogP contribution is 2.17. The molecule has 0 bridgehead atoms. The topological polar surface area (TPSA) is 89.8 Å². The molecule has 0 saturated carbocycles. The summed E-state index contributed by atoms with van der Waals surface area (Å²) in [5, 5.41) is 33.1. The Morgan fingerprint density at radius 2 is 0.782 bits per heavy atom. The number of hydrogen-bond acceptors (Lipinski definition) is 4. The first-order valence-electron chi connectivity index (χ1n) is 24.3. The highest BCUT2D eigenvalue weighted by atomic mass is 16.3. The standard InChI is InChI=1S/C50H95NO4/c1-3-5-7-9-11-13-15-16-17-18-19-20-21-22-23-24-25-26-27-28-29-30-31-32-34-35-37-39-41-43-47(53)45-50(55)51-48(46-52)49(54)44-42-40-38-36-33-14-12-10-8-6-4-2/h8,10,33,36,42,44,47-49,52-54H,3-7,9,11-32,34-35,37-41,43,45-46H2,1-2H3,(H,51,55)/b10-8+,36-33+,44-42+. The molecule has 0 aromatic rings. The maximum atomic E-state index is 12.4. The number of aliphatic hydroxyl groups is 3. The van der Waals surface area contributed by atoms with Crippen LogP contribution in [0.3, 0.4) is 0 Å². The van der Waals surface area contributed by atoms with E-state index in [1.807, 2.05) is 6.08 Å². The van der Waals surface area contributed by atoms with Crippen LogP contribution in [-0.4, -0.2) is 46.1 Å². The Balaban J connectivity index is 3.51. The summed E-state index contributed by atoms with van der Waals surface area (Å²) >= 11 is 0. The molecule has 0 aromatic heterocycles. The van der Waals surface area contributed by atoms with Gasteiger partial charge in [-0.25, -0.2) is 0 Å². The van der Waals surface area contributed by atoms with E-state index in [0.717, 1.165) is 44.9 Å². The molecule has 0 aliphatic carbocycles. The van der Waals surface area contributed by atoms with E-state index in [0.29, 0.717) is 6.42 Å². The number of hydrogen-bond donors (Lipinski definition) is 4. The van der Waals surface area contributed by atoms with Crippen molar-refractivity contribution in [1.29, 1.82) is 0 Å². The minimum absolute atomic E-state index is 0.00486. The van der Waals surface area contributed by atoms with Gasteiger partial charge in [0, 0.05) is 0 Å². The lowest BCUT2D eigenvalue weighted by Gasteiger charge is -2.21. The van der Waals surface area contributed by atoms with E-state index < -0.39 is 18.2 Å². The van der Waals surface area contributed by atoms with Crippen LogP contribution in [0.4, 0.5) is 0 Å². The van der Waals surface area contributed by atoms with E-state index in [1.165, 1.54) is 180 Å². The summed E-state index contributed by atoms with van der Waals surface area (Å²) in [6.07, 6.45) is 57.6. The SMILES string of the molecule is CCC/C=C/CC/C=C/CC/C=C/C(O)C(CO)NC(=O)CC(O)CCCCCCCCCCCCCCCCCCCCCCCCCCCCCCC. The Morgan fingerprint density at radius 3 is 1.13 bits per heavy atom. The van der Waals surface area contributed by atoms with E-state index in [1.54, 1.807) is 6.08 Å². The molecule has 0 fully saturated rings. The summed E-state index contributed by atoms with van der Waals surface area (Å²) in [6, 6.07) is -0.764. The number of aliphatic hydroxyl groups excluding tert-OH is 3. The van der Waals surface area contributed by atoms with E-state index in [-0.39, 0.29) is 18.9 Å². The zero-order chi connectivity index (χ0) is 40.1. The van der Waals surface area contributed by atoms with Crippen molar-refractivity contribution in [3.63, 3.8) is 0 Å². The van der Waals surface area contributed by atoms with Crippen LogP contribution in [0.1, 0.15) is 251 Å². The number of allylic oxidation sites excluding steroid dienone is 5. The lowest BCUT2D eigenvalue weighted by molar-refractivity contribution is -0.124. The average molecular weight is 774 g/mol. The molecular formula is C50H95NO4. The zero-order valence-corrected chi connectivity index (χ0v) is 36.8. The van der Waals surface area contributed by atoms with Gasteiger partial charge >= 0.3 is 0 Å². The molecular weight excluding hydrogens is 679 g/mol. The molecule has 1 amide bonds. The van der Waals surface area contributed by atoms with Gasteiger partial charge in [0.1, 0.15) is 0 Å². The molecule has 4 N–H and O–H groups in total. The first-order chi connectivity index (χ1) is 27.0. The number of carbonyl (C=O) groups is 1. The van der Waals surface area contributed by atoms with E-state index in [2.05, 4.69) is 43.5 Å². The molecule has 5 nitrogen and oxygen atoms in total. The molecule has 0 aliphatic rings. The fourth-order valence-corrected chi connectivity index (χ4v) is 7.44. The van der Waals surface area contributed by atoms with Crippen molar-refractivity contribution in [3.05, 3.63) is 36.5 Å². The van der Waals surface area contributed by atoms with Gasteiger partial charge in [0.15, 0.2) is 0 Å². The van der Waals surface area contributed by atoms with Gasteiger partial charge in [-0.05, 0) is 38.5 Å². The second kappa shape index (κ2) is 45.3. The Morgan fingerprint density at radius 1 is 0.455 bits per heavy atom. The van der Waals surface area contributed by atoms with E-state index in [4.69, 9.17) is 0 Å². The van der Waals surface area contributed by atoms with Crippen LogP contribution < -0.4 is 5.32 Å². The number of nitrogens with one attached hydrogen (secondary N) is 1. The molecule has 0 spiro atoms. The summed E-state index contributed by atoms with van der Waals surface area (Å²) in [6.45, 7) is 4.13. The summed E-state index contributed by atoms with van der Waals surface area (Å²) in [5.74, 6) is -0.328. The van der Waals surface area contributed by atoms with Crippen molar-refractivity contribution in [2.24, 2.45) is 0 Å². The number of rotatable bonds is 44. The lowest BCUT2D eigenvalue weighted by Crippen LogP contribution is -2.45. The summed E-state index contributed by atoms with van der Waals surface area (Å²) in [5.41, 5.74) is 0. The molecule has 0 saturated heterocycles. The maximum absolute atomic E-state index is 12.4. The third kappa shape index (κ3) is 42.0. The molecule has 0 aromatic carbocycles. The largest absolute Gasteiger partial charge is 0.394 e. The minimum Gasteiger partial charge on any atom is -0.394 e. The van der Waals surface area contributed by atoms with Crippen LogP contribution in [0.5, 0.6) is 0 Å². The third-order valence-electron chi connectivity index (χ3n) is 11.1. The Kier molecular flexibility index (Phi) is 44.1. The quantitative estimate of drug-likeness (QED) is 0.0367. The smallest absolute Gasteiger partial charge is 0.222 e. The van der Waals surface area contributed by atoms with Crippen molar-refractivity contribution >= 4 is 5.91 Å². The van der Waals surface area contributed by atoms with Crippen molar-refractivity contribution < 1.29 is 20.1 Å². The Hall–Kier alpha value is -1.43. The molecule has 3 unspecified atom stereocenters. The van der Waals surface area contributed by atoms with Crippen molar-refractivity contribution in [3.8, 4) is 0 Å². The predicted octanol–water partition coefficient (Wildman–Crippen LogP) is 14.3. The van der Waals surface area contributed by atoms with E-state index >= 15 is 0 Å². The van der Waals surface area contributed by atoms with Gasteiger partial charge in [-0.1, -0.05) is 243 Å². The normalized spacial score (nSPS) is 13.8. The summed E-state index contributed by atoms with van der Waals surface area (Å²) < 4.78 is 0. The number of carbonyl (C=O) groups excluding carboxylic acids is 1. The van der Waals surface area contributed by atoms with Crippen molar-refractivity contribution in [2.45, 2.75) is 270 Å². The summed E-state index contributed by atoms with van der Waals surface area (Å²) in [7, 11) is 0. The summed E-state index contributed by atoms with van der Waals surface area (Å²) in [4.78, 5) is 12.4. The van der Waals surface area contributed by atoms with Crippen LogP contribution in [0.25, 0.3) is 0 Å². The Labute approximate surface area is 343 Å². The molecule has 0 aliphatic heterocycles. The molecule has 5 heteroatoms. The zero-order valence-electron chi connectivity index (χ0n) is 36.8. The van der Waals surface area contributed by atoms with Crippen LogP contribution in [0.2, 0.25) is 0 Å². The van der Waals surface area contributed by atoms with Gasteiger partial charge in [0.2, 0.25) is 5.91 Å². The fourth-order valence-electron chi connectivity index (χ4n) is 7.44. The predicted molar refractivity (Wildman–Crippen MR) is 241 cm³/mol.